The molecule has 0 aromatic heterocycles. The van der Waals surface area contributed by atoms with Gasteiger partial charge in [-0.05, 0) is 41.1 Å². The van der Waals surface area contributed by atoms with E-state index in [0.29, 0.717) is 16.7 Å². The van der Waals surface area contributed by atoms with Gasteiger partial charge in [-0.3, -0.25) is 0 Å². The zero-order valence-electron chi connectivity index (χ0n) is 8.45. The number of anilines is 1. The minimum Gasteiger partial charge on any atom is -0.373 e. The lowest BCUT2D eigenvalue weighted by Crippen LogP contribution is -2.07. The summed E-state index contributed by atoms with van der Waals surface area (Å²) in [5.41, 5.74) is -0.291. The maximum atomic E-state index is 12.4. The van der Waals surface area contributed by atoms with Gasteiger partial charge in [0.25, 0.3) is 0 Å². The largest absolute Gasteiger partial charge is 0.416 e. The molecule has 1 aromatic rings. The molecule has 1 N–H and O–H groups in total. The van der Waals surface area contributed by atoms with E-state index >= 15 is 0 Å². The van der Waals surface area contributed by atoms with Crippen molar-refractivity contribution in [3.05, 3.63) is 28.2 Å². The lowest BCUT2D eigenvalue weighted by molar-refractivity contribution is -0.137. The Balaban J connectivity index is 2.93. The molecule has 0 aliphatic heterocycles. The first-order valence-electron chi connectivity index (χ1n) is 4.45. The second-order valence-corrected chi connectivity index (χ2v) is 3.83. The van der Waals surface area contributed by atoms with Crippen molar-refractivity contribution in [2.45, 2.75) is 13.1 Å². The second-order valence-electron chi connectivity index (χ2n) is 2.97. The minimum absolute atomic E-state index is 0.316. The summed E-state index contributed by atoms with van der Waals surface area (Å²) < 4.78 is 37.8. The van der Waals surface area contributed by atoms with E-state index in [1.165, 1.54) is 6.07 Å². The van der Waals surface area contributed by atoms with Crippen LogP contribution in [-0.2, 0) is 6.18 Å². The van der Waals surface area contributed by atoms with Crippen LogP contribution in [0.2, 0.25) is 0 Å². The number of hydrogen-bond acceptors (Lipinski definition) is 1. The Morgan fingerprint density at radius 1 is 1.38 bits per heavy atom. The third kappa shape index (κ3) is 3.46. The van der Waals surface area contributed by atoms with Gasteiger partial charge in [-0.15, -0.1) is 5.92 Å². The van der Waals surface area contributed by atoms with Crippen molar-refractivity contribution >= 4 is 21.6 Å². The molecule has 0 spiro atoms. The molecule has 1 aromatic carbocycles. The van der Waals surface area contributed by atoms with Crippen LogP contribution in [0.3, 0.4) is 0 Å². The Kier molecular flexibility index (Phi) is 4.25. The monoisotopic (exact) mass is 291 g/mol. The Morgan fingerprint density at radius 2 is 2.06 bits per heavy atom. The zero-order valence-corrected chi connectivity index (χ0v) is 10.0. The molecule has 16 heavy (non-hydrogen) atoms. The fourth-order valence-corrected chi connectivity index (χ4v) is 1.45. The van der Waals surface area contributed by atoms with E-state index in [-0.39, 0.29) is 0 Å². The molecular weight excluding hydrogens is 283 g/mol. The van der Waals surface area contributed by atoms with E-state index in [4.69, 9.17) is 0 Å². The third-order valence-corrected chi connectivity index (χ3v) is 2.53. The Morgan fingerprint density at radius 3 is 2.62 bits per heavy atom. The van der Waals surface area contributed by atoms with E-state index in [9.17, 15) is 13.2 Å². The topological polar surface area (TPSA) is 12.0 Å². The third-order valence-electron chi connectivity index (χ3n) is 1.84. The van der Waals surface area contributed by atoms with Crippen LogP contribution < -0.4 is 5.32 Å². The Labute approximate surface area is 100 Å². The number of alkyl halides is 3. The van der Waals surface area contributed by atoms with Crippen LogP contribution in [0.5, 0.6) is 0 Å². The zero-order chi connectivity index (χ0) is 12.2. The standard InChI is InChI=1S/C11H9BrF3N/c1-2-3-6-16-10-7-8(11(13,14)15)4-5-9(10)12/h4-5,7,16H,6H2,1H3. The number of hydrogen-bond donors (Lipinski definition) is 1. The van der Waals surface area contributed by atoms with E-state index in [0.717, 1.165) is 12.1 Å². The van der Waals surface area contributed by atoms with E-state index in [1.807, 2.05) is 0 Å². The summed E-state index contributed by atoms with van der Waals surface area (Å²) in [7, 11) is 0. The maximum Gasteiger partial charge on any atom is 0.416 e. The van der Waals surface area contributed by atoms with Crippen LogP contribution in [0.4, 0.5) is 18.9 Å². The van der Waals surface area contributed by atoms with Gasteiger partial charge in [0.1, 0.15) is 0 Å². The van der Waals surface area contributed by atoms with Gasteiger partial charge in [0.15, 0.2) is 0 Å². The minimum atomic E-state index is -4.33. The van der Waals surface area contributed by atoms with Gasteiger partial charge in [-0.2, -0.15) is 13.2 Å². The number of benzene rings is 1. The van der Waals surface area contributed by atoms with Crippen molar-refractivity contribution in [1.82, 2.24) is 0 Å². The predicted molar refractivity (Wildman–Crippen MR) is 61.1 cm³/mol. The molecule has 0 unspecified atom stereocenters. The van der Waals surface area contributed by atoms with Gasteiger partial charge in [0.2, 0.25) is 0 Å². The van der Waals surface area contributed by atoms with Crippen LogP contribution in [0, 0.1) is 11.8 Å². The summed E-state index contributed by atoms with van der Waals surface area (Å²) in [6, 6.07) is 3.45. The van der Waals surface area contributed by atoms with E-state index in [2.05, 4.69) is 33.1 Å². The summed E-state index contributed by atoms with van der Waals surface area (Å²) in [5, 5.41) is 2.81. The number of rotatable bonds is 2. The highest BCUT2D eigenvalue weighted by Gasteiger charge is 2.30. The van der Waals surface area contributed by atoms with Crippen molar-refractivity contribution in [3.63, 3.8) is 0 Å². The average molecular weight is 292 g/mol. The lowest BCUT2D eigenvalue weighted by Gasteiger charge is -2.10. The highest BCUT2D eigenvalue weighted by atomic mass is 79.9. The Bertz CT molecular complexity index is 429. The van der Waals surface area contributed by atoms with Crippen LogP contribution in [-0.4, -0.2) is 6.54 Å². The molecule has 0 heterocycles. The van der Waals surface area contributed by atoms with Crippen LogP contribution in [0.15, 0.2) is 22.7 Å². The number of halogens is 4. The predicted octanol–water partition coefficient (Wildman–Crippen LogP) is 3.90. The highest BCUT2D eigenvalue weighted by molar-refractivity contribution is 9.10. The van der Waals surface area contributed by atoms with E-state index < -0.39 is 11.7 Å². The molecule has 0 aliphatic rings. The molecule has 5 heteroatoms. The molecular formula is C11H9BrF3N. The molecule has 86 valence electrons. The summed E-state index contributed by atoms with van der Waals surface area (Å²) in [6.45, 7) is 1.99. The normalized spacial score (nSPS) is 10.6. The Hall–Kier alpha value is -1.15. The average Bonchev–Trinajstić information content (AvgIpc) is 2.19. The summed E-state index contributed by atoms with van der Waals surface area (Å²) in [4.78, 5) is 0. The van der Waals surface area contributed by atoms with Crippen molar-refractivity contribution in [3.8, 4) is 11.8 Å². The van der Waals surface area contributed by atoms with E-state index in [1.54, 1.807) is 6.92 Å². The van der Waals surface area contributed by atoms with Gasteiger partial charge < -0.3 is 5.32 Å². The first-order valence-corrected chi connectivity index (χ1v) is 5.24. The smallest absolute Gasteiger partial charge is 0.373 e. The van der Waals surface area contributed by atoms with Crippen molar-refractivity contribution < 1.29 is 13.2 Å². The summed E-state index contributed by atoms with van der Waals surface area (Å²) in [6.07, 6.45) is -4.33. The lowest BCUT2D eigenvalue weighted by atomic mass is 10.2. The molecule has 0 radical (unpaired) electrons. The van der Waals surface area contributed by atoms with Crippen molar-refractivity contribution in [1.29, 1.82) is 0 Å². The fourth-order valence-electron chi connectivity index (χ4n) is 1.06. The highest BCUT2D eigenvalue weighted by Crippen LogP contribution is 2.33. The molecule has 1 rings (SSSR count). The molecule has 0 bridgehead atoms. The molecule has 0 amide bonds. The van der Waals surface area contributed by atoms with Crippen molar-refractivity contribution in [2.24, 2.45) is 0 Å². The van der Waals surface area contributed by atoms with Gasteiger partial charge in [-0.1, -0.05) is 5.92 Å². The first-order chi connectivity index (χ1) is 7.45. The van der Waals surface area contributed by atoms with Gasteiger partial charge in [0.05, 0.1) is 12.1 Å². The quantitative estimate of drug-likeness (QED) is 0.815. The van der Waals surface area contributed by atoms with Gasteiger partial charge >= 0.3 is 6.18 Å². The summed E-state index contributed by atoms with van der Waals surface area (Å²) >= 11 is 3.17. The summed E-state index contributed by atoms with van der Waals surface area (Å²) in [5.74, 6) is 5.37. The van der Waals surface area contributed by atoms with Gasteiger partial charge in [-0.25, -0.2) is 0 Å². The van der Waals surface area contributed by atoms with Crippen molar-refractivity contribution in [2.75, 3.05) is 11.9 Å². The van der Waals surface area contributed by atoms with Crippen LogP contribution in [0.1, 0.15) is 12.5 Å². The molecule has 0 aliphatic carbocycles. The number of nitrogens with one attached hydrogen (secondary N) is 1. The molecule has 0 atom stereocenters. The fraction of sp³-hybridized carbons (Fsp3) is 0.273. The molecule has 0 fully saturated rings. The second kappa shape index (κ2) is 5.26. The molecule has 0 saturated heterocycles. The maximum absolute atomic E-state index is 12.4. The van der Waals surface area contributed by atoms with Crippen LogP contribution in [0.25, 0.3) is 0 Å². The van der Waals surface area contributed by atoms with Crippen LogP contribution >= 0.6 is 15.9 Å². The molecule has 1 nitrogen and oxygen atoms in total. The first kappa shape index (κ1) is 12.9. The van der Waals surface area contributed by atoms with Gasteiger partial charge in [0, 0.05) is 10.2 Å². The SMILES string of the molecule is CC#CCNc1cc(C(F)(F)F)ccc1Br. The molecule has 0 saturated carbocycles.